The molecule has 0 spiro atoms. The van der Waals surface area contributed by atoms with Crippen LogP contribution >= 0.6 is 0 Å². The molecule has 1 fully saturated rings. The van der Waals surface area contributed by atoms with Crippen LogP contribution < -0.4 is 10.6 Å². The fourth-order valence-corrected chi connectivity index (χ4v) is 2.42. The minimum atomic E-state index is 0.468. The maximum atomic E-state index is 5.87. The second kappa shape index (κ2) is 7.28. The van der Waals surface area contributed by atoms with Crippen molar-refractivity contribution in [3.8, 4) is 0 Å². The van der Waals surface area contributed by atoms with Crippen LogP contribution in [0.2, 0.25) is 0 Å². The standard InChI is InChI=1S/C14H24N4O/c1-11-17-13(15-2)10-14(18-11)16-8-9-19-12-6-4-3-5-7-12/h10,12H,3-9H2,1-2H3,(H2,15,16,17,18). The summed E-state index contributed by atoms with van der Waals surface area (Å²) in [6, 6.07) is 1.91. The minimum Gasteiger partial charge on any atom is -0.376 e. The zero-order valence-electron chi connectivity index (χ0n) is 11.9. The van der Waals surface area contributed by atoms with Gasteiger partial charge in [-0.1, -0.05) is 19.3 Å². The molecular formula is C14H24N4O. The van der Waals surface area contributed by atoms with Crippen LogP contribution in [0.1, 0.15) is 37.9 Å². The third-order valence-electron chi connectivity index (χ3n) is 3.41. The van der Waals surface area contributed by atoms with E-state index in [0.717, 1.165) is 30.6 Å². The molecule has 2 rings (SSSR count). The number of nitrogens with one attached hydrogen (secondary N) is 2. The predicted octanol–water partition coefficient (Wildman–Crippen LogP) is 2.59. The summed E-state index contributed by atoms with van der Waals surface area (Å²) in [6.07, 6.45) is 6.90. The highest BCUT2D eigenvalue weighted by atomic mass is 16.5. The lowest BCUT2D eigenvalue weighted by Crippen LogP contribution is -2.20. The average Bonchev–Trinajstić information content (AvgIpc) is 2.44. The summed E-state index contributed by atoms with van der Waals surface area (Å²) in [5.41, 5.74) is 0. The van der Waals surface area contributed by atoms with Gasteiger partial charge in [0, 0.05) is 19.7 Å². The summed E-state index contributed by atoms with van der Waals surface area (Å²) in [5.74, 6) is 2.45. The van der Waals surface area contributed by atoms with Gasteiger partial charge in [0.2, 0.25) is 0 Å². The first-order valence-corrected chi connectivity index (χ1v) is 7.17. The van der Waals surface area contributed by atoms with E-state index >= 15 is 0 Å². The van der Waals surface area contributed by atoms with Gasteiger partial charge in [0.25, 0.3) is 0 Å². The summed E-state index contributed by atoms with van der Waals surface area (Å²) in [4.78, 5) is 8.61. The summed E-state index contributed by atoms with van der Waals surface area (Å²) < 4.78 is 5.87. The molecule has 5 heteroatoms. The Kier molecular flexibility index (Phi) is 5.39. The van der Waals surface area contributed by atoms with Gasteiger partial charge in [-0.3, -0.25) is 0 Å². The van der Waals surface area contributed by atoms with E-state index in [-0.39, 0.29) is 0 Å². The molecule has 1 heterocycles. The van der Waals surface area contributed by atoms with Crippen molar-refractivity contribution < 1.29 is 4.74 Å². The molecule has 0 unspecified atom stereocenters. The van der Waals surface area contributed by atoms with Crippen LogP contribution in [0.4, 0.5) is 11.6 Å². The second-order valence-corrected chi connectivity index (χ2v) is 4.99. The van der Waals surface area contributed by atoms with Gasteiger partial charge in [-0.15, -0.1) is 0 Å². The molecular weight excluding hydrogens is 240 g/mol. The average molecular weight is 264 g/mol. The van der Waals surface area contributed by atoms with Crippen LogP contribution in [-0.4, -0.2) is 36.3 Å². The van der Waals surface area contributed by atoms with Crippen molar-refractivity contribution in [2.45, 2.75) is 45.1 Å². The largest absolute Gasteiger partial charge is 0.376 e. The number of ether oxygens (including phenoxy) is 1. The molecule has 0 aliphatic heterocycles. The molecule has 1 aromatic rings. The zero-order chi connectivity index (χ0) is 13.5. The molecule has 0 saturated heterocycles. The third-order valence-corrected chi connectivity index (χ3v) is 3.41. The van der Waals surface area contributed by atoms with Crippen molar-refractivity contribution in [3.63, 3.8) is 0 Å². The second-order valence-electron chi connectivity index (χ2n) is 4.99. The van der Waals surface area contributed by atoms with Crippen molar-refractivity contribution >= 4 is 11.6 Å². The molecule has 5 nitrogen and oxygen atoms in total. The molecule has 0 aromatic carbocycles. The fraction of sp³-hybridized carbons (Fsp3) is 0.714. The van der Waals surface area contributed by atoms with Crippen LogP contribution in [0.25, 0.3) is 0 Å². The highest BCUT2D eigenvalue weighted by Gasteiger charge is 2.13. The van der Waals surface area contributed by atoms with Crippen molar-refractivity contribution in [1.82, 2.24) is 9.97 Å². The van der Waals surface area contributed by atoms with Crippen LogP contribution in [-0.2, 0) is 4.74 Å². The molecule has 0 bridgehead atoms. The van der Waals surface area contributed by atoms with E-state index < -0.39 is 0 Å². The van der Waals surface area contributed by atoms with E-state index in [1.54, 1.807) is 0 Å². The Bertz CT molecular complexity index is 391. The van der Waals surface area contributed by atoms with Gasteiger partial charge < -0.3 is 15.4 Å². The number of hydrogen-bond donors (Lipinski definition) is 2. The summed E-state index contributed by atoms with van der Waals surface area (Å²) in [7, 11) is 1.86. The normalized spacial score (nSPS) is 16.3. The number of aromatic nitrogens is 2. The van der Waals surface area contributed by atoms with Gasteiger partial charge >= 0.3 is 0 Å². The number of anilines is 2. The number of hydrogen-bond acceptors (Lipinski definition) is 5. The molecule has 0 radical (unpaired) electrons. The molecule has 1 aliphatic rings. The van der Waals surface area contributed by atoms with Crippen LogP contribution in [0.15, 0.2) is 6.07 Å². The SMILES string of the molecule is CNc1cc(NCCOC2CCCCC2)nc(C)n1. The molecule has 1 aromatic heterocycles. The van der Waals surface area contributed by atoms with Gasteiger partial charge in [0.15, 0.2) is 0 Å². The van der Waals surface area contributed by atoms with Crippen LogP contribution in [0.3, 0.4) is 0 Å². The number of aryl methyl sites for hydroxylation is 1. The minimum absolute atomic E-state index is 0.468. The first-order chi connectivity index (χ1) is 9.28. The first-order valence-electron chi connectivity index (χ1n) is 7.17. The van der Waals surface area contributed by atoms with Gasteiger partial charge in [-0.25, -0.2) is 9.97 Å². The van der Waals surface area contributed by atoms with Gasteiger partial charge in [0.05, 0.1) is 12.7 Å². The third kappa shape index (κ3) is 4.67. The van der Waals surface area contributed by atoms with Crippen molar-refractivity contribution in [2.24, 2.45) is 0 Å². The molecule has 106 valence electrons. The lowest BCUT2D eigenvalue weighted by molar-refractivity contribution is 0.0347. The zero-order valence-corrected chi connectivity index (χ0v) is 11.9. The van der Waals surface area contributed by atoms with E-state index in [0.29, 0.717) is 6.10 Å². The molecule has 1 saturated carbocycles. The van der Waals surface area contributed by atoms with Crippen molar-refractivity contribution in [1.29, 1.82) is 0 Å². The van der Waals surface area contributed by atoms with E-state index in [1.165, 1.54) is 32.1 Å². The highest BCUT2D eigenvalue weighted by molar-refractivity contribution is 5.46. The quantitative estimate of drug-likeness (QED) is 0.773. The Labute approximate surface area is 115 Å². The maximum Gasteiger partial charge on any atom is 0.131 e. The Balaban J connectivity index is 1.71. The Morgan fingerprint density at radius 2 is 1.95 bits per heavy atom. The van der Waals surface area contributed by atoms with E-state index in [2.05, 4.69) is 20.6 Å². The van der Waals surface area contributed by atoms with Crippen LogP contribution in [0.5, 0.6) is 0 Å². The van der Waals surface area contributed by atoms with Crippen molar-refractivity contribution in [2.75, 3.05) is 30.8 Å². The van der Waals surface area contributed by atoms with Gasteiger partial charge in [0.1, 0.15) is 17.5 Å². The van der Waals surface area contributed by atoms with Gasteiger partial charge in [-0.2, -0.15) is 0 Å². The smallest absolute Gasteiger partial charge is 0.131 e. The summed E-state index contributed by atoms with van der Waals surface area (Å²) >= 11 is 0. The lowest BCUT2D eigenvalue weighted by atomic mass is 9.98. The monoisotopic (exact) mass is 264 g/mol. The Hall–Kier alpha value is -1.36. The van der Waals surface area contributed by atoms with Crippen LogP contribution in [0, 0.1) is 6.92 Å². The number of nitrogens with zero attached hydrogens (tertiary/aromatic N) is 2. The molecule has 1 aliphatic carbocycles. The molecule has 0 atom stereocenters. The fourth-order valence-electron chi connectivity index (χ4n) is 2.42. The van der Waals surface area contributed by atoms with E-state index in [1.807, 2.05) is 20.0 Å². The predicted molar refractivity (Wildman–Crippen MR) is 77.6 cm³/mol. The molecule has 19 heavy (non-hydrogen) atoms. The topological polar surface area (TPSA) is 59.1 Å². The highest BCUT2D eigenvalue weighted by Crippen LogP contribution is 2.20. The van der Waals surface area contributed by atoms with Crippen molar-refractivity contribution in [3.05, 3.63) is 11.9 Å². The Morgan fingerprint density at radius 1 is 1.21 bits per heavy atom. The van der Waals surface area contributed by atoms with E-state index in [4.69, 9.17) is 4.74 Å². The lowest BCUT2D eigenvalue weighted by Gasteiger charge is -2.22. The number of rotatable bonds is 6. The molecule has 0 amide bonds. The first kappa shape index (κ1) is 14.1. The summed E-state index contributed by atoms with van der Waals surface area (Å²) in [5, 5.41) is 6.31. The van der Waals surface area contributed by atoms with Gasteiger partial charge in [-0.05, 0) is 19.8 Å². The summed E-state index contributed by atoms with van der Waals surface area (Å²) in [6.45, 7) is 3.42. The molecule has 2 N–H and O–H groups in total. The maximum absolute atomic E-state index is 5.87. The Morgan fingerprint density at radius 3 is 2.68 bits per heavy atom. The van der Waals surface area contributed by atoms with E-state index in [9.17, 15) is 0 Å².